The Morgan fingerprint density at radius 3 is 2.64 bits per heavy atom. The van der Waals surface area contributed by atoms with Crippen molar-refractivity contribution < 1.29 is 4.79 Å². The van der Waals surface area contributed by atoms with Crippen LogP contribution in [0.1, 0.15) is 32.3 Å². The van der Waals surface area contributed by atoms with Crippen molar-refractivity contribution in [2.24, 2.45) is 5.92 Å². The van der Waals surface area contributed by atoms with Crippen LogP contribution in [0, 0.1) is 5.92 Å². The zero-order chi connectivity index (χ0) is 16.1. The molecule has 5 heteroatoms. The predicted molar refractivity (Wildman–Crippen MR) is 92.4 cm³/mol. The molecule has 0 unspecified atom stereocenters. The predicted octanol–water partition coefficient (Wildman–Crippen LogP) is 4.07. The lowest BCUT2D eigenvalue weighted by molar-refractivity contribution is -0.137. The lowest BCUT2D eigenvalue weighted by Crippen LogP contribution is -2.44. The van der Waals surface area contributed by atoms with Gasteiger partial charge in [-0.1, -0.05) is 29.3 Å². The number of rotatable bonds is 5. The van der Waals surface area contributed by atoms with Crippen LogP contribution in [-0.2, 0) is 11.3 Å². The third-order valence-corrected chi connectivity index (χ3v) is 5.06. The Kier molecular flexibility index (Phi) is 6.54. The van der Waals surface area contributed by atoms with E-state index in [0.29, 0.717) is 16.0 Å². The molecule has 1 fully saturated rings. The molecule has 1 aliphatic rings. The third kappa shape index (κ3) is 4.37. The monoisotopic (exact) mass is 342 g/mol. The summed E-state index contributed by atoms with van der Waals surface area (Å²) in [6.07, 6.45) is 2.06. The van der Waals surface area contributed by atoms with E-state index in [0.717, 1.165) is 51.1 Å². The van der Waals surface area contributed by atoms with Gasteiger partial charge in [-0.2, -0.15) is 0 Å². The molecule has 3 nitrogen and oxygen atoms in total. The summed E-state index contributed by atoms with van der Waals surface area (Å²) in [7, 11) is 0. The van der Waals surface area contributed by atoms with Crippen LogP contribution in [0.25, 0.3) is 0 Å². The summed E-state index contributed by atoms with van der Waals surface area (Å²) in [5, 5.41) is 1.17. The number of halogens is 2. The van der Waals surface area contributed by atoms with Gasteiger partial charge in [-0.05, 0) is 50.9 Å². The molecular formula is C17H24Cl2N2O. The largest absolute Gasteiger partial charge is 0.343 e. The maximum absolute atomic E-state index is 12.5. The summed E-state index contributed by atoms with van der Waals surface area (Å²) < 4.78 is 0. The highest BCUT2D eigenvalue weighted by Gasteiger charge is 2.28. The van der Waals surface area contributed by atoms with Gasteiger partial charge in [0.05, 0.1) is 16.0 Å². The normalized spacial score (nSPS) is 19.2. The number of amides is 1. The van der Waals surface area contributed by atoms with E-state index in [4.69, 9.17) is 23.2 Å². The van der Waals surface area contributed by atoms with Crippen LogP contribution in [-0.4, -0.2) is 41.9 Å². The first-order valence-corrected chi connectivity index (χ1v) is 8.75. The van der Waals surface area contributed by atoms with Gasteiger partial charge in [0.25, 0.3) is 0 Å². The van der Waals surface area contributed by atoms with Crippen LogP contribution >= 0.6 is 23.2 Å². The van der Waals surface area contributed by atoms with Gasteiger partial charge in [0.1, 0.15) is 0 Å². The number of carbonyl (C=O) groups excluding carboxylic acids is 1. The molecule has 0 bridgehead atoms. The molecule has 2 rings (SSSR count). The van der Waals surface area contributed by atoms with E-state index >= 15 is 0 Å². The van der Waals surface area contributed by atoms with Crippen molar-refractivity contribution in [3.63, 3.8) is 0 Å². The van der Waals surface area contributed by atoms with E-state index in [1.807, 2.05) is 36.9 Å². The van der Waals surface area contributed by atoms with Gasteiger partial charge in [0.2, 0.25) is 5.91 Å². The van der Waals surface area contributed by atoms with Crippen molar-refractivity contribution in [2.45, 2.75) is 33.2 Å². The lowest BCUT2D eigenvalue weighted by Gasteiger charge is -2.34. The Hall–Kier alpha value is -0.770. The minimum Gasteiger partial charge on any atom is -0.343 e. The van der Waals surface area contributed by atoms with Crippen LogP contribution in [0.2, 0.25) is 10.0 Å². The number of nitrogens with zero attached hydrogens (tertiary/aromatic N) is 2. The van der Waals surface area contributed by atoms with Crippen molar-refractivity contribution in [2.75, 3.05) is 26.2 Å². The summed E-state index contributed by atoms with van der Waals surface area (Å²) >= 11 is 12.0. The maximum atomic E-state index is 12.5. The maximum Gasteiger partial charge on any atom is 0.226 e. The fourth-order valence-electron chi connectivity index (χ4n) is 3.09. The van der Waals surface area contributed by atoms with Crippen LogP contribution in [0.5, 0.6) is 0 Å². The number of carbonyl (C=O) groups is 1. The van der Waals surface area contributed by atoms with Crippen molar-refractivity contribution in [1.82, 2.24) is 9.80 Å². The van der Waals surface area contributed by atoms with Gasteiger partial charge in [-0.3, -0.25) is 9.69 Å². The first-order chi connectivity index (χ1) is 10.5. The number of benzene rings is 1. The van der Waals surface area contributed by atoms with E-state index in [-0.39, 0.29) is 5.92 Å². The first kappa shape index (κ1) is 17.6. The van der Waals surface area contributed by atoms with Crippen molar-refractivity contribution in [3.05, 3.63) is 33.8 Å². The highest BCUT2D eigenvalue weighted by molar-refractivity contribution is 6.42. The van der Waals surface area contributed by atoms with Crippen molar-refractivity contribution in [3.8, 4) is 0 Å². The SMILES string of the molecule is CCN(CC)C(=O)[C@H]1CCCN(Cc2ccc(Cl)c(Cl)c2)C1. The van der Waals surface area contributed by atoms with E-state index in [9.17, 15) is 4.79 Å². The standard InChI is InChI=1S/C17H24Cl2N2O/c1-3-21(4-2)17(22)14-6-5-9-20(12-14)11-13-7-8-15(18)16(19)10-13/h7-8,10,14H,3-6,9,11-12H2,1-2H3/t14-/m0/s1. The molecule has 1 saturated heterocycles. The summed E-state index contributed by atoms with van der Waals surface area (Å²) in [6.45, 7) is 8.34. The quantitative estimate of drug-likeness (QED) is 0.804. The fourth-order valence-corrected chi connectivity index (χ4v) is 3.41. The molecule has 1 atom stereocenters. The molecule has 1 aromatic rings. The Morgan fingerprint density at radius 1 is 1.27 bits per heavy atom. The van der Waals surface area contributed by atoms with Gasteiger partial charge in [0, 0.05) is 26.2 Å². The average molecular weight is 343 g/mol. The van der Waals surface area contributed by atoms with Crippen LogP contribution < -0.4 is 0 Å². The lowest BCUT2D eigenvalue weighted by atomic mass is 9.96. The smallest absolute Gasteiger partial charge is 0.226 e. The summed E-state index contributed by atoms with van der Waals surface area (Å²) in [5.41, 5.74) is 1.14. The van der Waals surface area contributed by atoms with Gasteiger partial charge < -0.3 is 4.90 Å². The molecule has 1 amide bonds. The van der Waals surface area contributed by atoms with E-state index in [1.165, 1.54) is 0 Å². The second-order valence-electron chi connectivity index (χ2n) is 5.83. The summed E-state index contributed by atoms with van der Waals surface area (Å²) in [5.74, 6) is 0.417. The molecule has 0 spiro atoms. The summed E-state index contributed by atoms with van der Waals surface area (Å²) in [4.78, 5) is 16.8. The molecule has 22 heavy (non-hydrogen) atoms. The molecular weight excluding hydrogens is 319 g/mol. The number of piperidine rings is 1. The molecule has 0 N–H and O–H groups in total. The van der Waals surface area contributed by atoms with Crippen LogP contribution in [0.4, 0.5) is 0 Å². The third-order valence-electron chi connectivity index (χ3n) is 4.32. The molecule has 0 aliphatic carbocycles. The molecule has 122 valence electrons. The van der Waals surface area contributed by atoms with E-state index in [1.54, 1.807) is 0 Å². The minimum atomic E-state index is 0.122. The molecule has 1 aliphatic heterocycles. The van der Waals surface area contributed by atoms with Gasteiger partial charge in [-0.15, -0.1) is 0 Å². The minimum absolute atomic E-state index is 0.122. The average Bonchev–Trinajstić information content (AvgIpc) is 2.52. The molecule has 1 aromatic carbocycles. The highest BCUT2D eigenvalue weighted by atomic mass is 35.5. The second-order valence-corrected chi connectivity index (χ2v) is 6.65. The number of hydrogen-bond donors (Lipinski definition) is 0. The first-order valence-electron chi connectivity index (χ1n) is 8.00. The van der Waals surface area contributed by atoms with E-state index < -0.39 is 0 Å². The Labute approximate surface area is 143 Å². The van der Waals surface area contributed by atoms with Crippen LogP contribution in [0.15, 0.2) is 18.2 Å². The topological polar surface area (TPSA) is 23.6 Å². The second kappa shape index (κ2) is 8.19. The summed E-state index contributed by atoms with van der Waals surface area (Å²) in [6, 6.07) is 5.76. The zero-order valence-corrected chi connectivity index (χ0v) is 14.8. The number of likely N-dealkylation sites (tertiary alicyclic amines) is 1. The Morgan fingerprint density at radius 2 is 2.00 bits per heavy atom. The van der Waals surface area contributed by atoms with E-state index in [2.05, 4.69) is 4.90 Å². The number of hydrogen-bond acceptors (Lipinski definition) is 2. The Balaban J connectivity index is 1.98. The Bertz CT molecular complexity index is 517. The fraction of sp³-hybridized carbons (Fsp3) is 0.588. The molecule has 1 heterocycles. The molecule has 0 radical (unpaired) electrons. The van der Waals surface area contributed by atoms with Gasteiger partial charge in [0.15, 0.2) is 0 Å². The zero-order valence-electron chi connectivity index (χ0n) is 13.3. The van der Waals surface area contributed by atoms with Crippen molar-refractivity contribution in [1.29, 1.82) is 0 Å². The molecule has 0 saturated carbocycles. The van der Waals surface area contributed by atoms with Gasteiger partial charge in [-0.25, -0.2) is 0 Å². The van der Waals surface area contributed by atoms with Crippen molar-refractivity contribution >= 4 is 29.1 Å². The highest BCUT2D eigenvalue weighted by Crippen LogP contribution is 2.25. The molecule has 0 aromatic heterocycles. The van der Waals surface area contributed by atoms with Crippen LogP contribution in [0.3, 0.4) is 0 Å². The van der Waals surface area contributed by atoms with Gasteiger partial charge >= 0.3 is 0 Å².